The summed E-state index contributed by atoms with van der Waals surface area (Å²) in [4.78, 5) is 12.4. The van der Waals surface area contributed by atoms with Crippen LogP contribution in [0, 0.1) is 0 Å². The molecule has 1 aliphatic heterocycles. The van der Waals surface area contributed by atoms with Gasteiger partial charge in [0.05, 0.1) is 4.58 Å². The van der Waals surface area contributed by atoms with Gasteiger partial charge in [-0.2, -0.15) is 0 Å². The van der Waals surface area contributed by atoms with Crippen LogP contribution in [0.15, 0.2) is 48.5 Å². The largest absolute Gasteiger partial charge is 0.322 e. The molecule has 0 atom stereocenters. The Morgan fingerprint density at radius 2 is 1.54 bits per heavy atom. The number of hydrogen-bond donors (Lipinski definition) is 1. The second-order valence-electron chi connectivity index (χ2n) is 6.98. The van der Waals surface area contributed by atoms with Gasteiger partial charge in [0, 0.05) is 22.8 Å². The van der Waals surface area contributed by atoms with E-state index >= 15 is 0 Å². The minimum absolute atomic E-state index is 0.0585. The third kappa shape index (κ3) is 4.17. The molecule has 0 bridgehead atoms. The van der Waals surface area contributed by atoms with Crippen molar-refractivity contribution in [3.8, 4) is 0 Å². The number of amides is 1. The predicted octanol–water partition coefficient (Wildman–Crippen LogP) is 5.72. The fourth-order valence-electron chi connectivity index (χ4n) is 2.60. The minimum Gasteiger partial charge on any atom is -0.322 e. The minimum atomic E-state index is -0.0585. The summed E-state index contributed by atoms with van der Waals surface area (Å²) < 4.78 is 0.520. The summed E-state index contributed by atoms with van der Waals surface area (Å²) in [5, 5.41) is 2.98. The molecule has 1 saturated heterocycles. The monoisotopic (exact) mass is 357 g/mol. The summed E-state index contributed by atoms with van der Waals surface area (Å²) in [5.41, 5.74) is 4.21. The SMILES string of the molecule is CC(C)(C)c1ccc(NC(=O)c2ccc(C3SCCS3)cc2)cc1. The predicted molar refractivity (Wildman–Crippen MR) is 107 cm³/mol. The lowest BCUT2D eigenvalue weighted by molar-refractivity contribution is 0.102. The molecule has 126 valence electrons. The maximum atomic E-state index is 12.4. The molecule has 1 heterocycles. The molecule has 0 radical (unpaired) electrons. The fraction of sp³-hybridized carbons (Fsp3) is 0.350. The van der Waals surface area contributed by atoms with Crippen molar-refractivity contribution in [2.24, 2.45) is 0 Å². The maximum Gasteiger partial charge on any atom is 0.255 e. The first-order valence-corrected chi connectivity index (χ1v) is 10.3. The highest BCUT2D eigenvalue weighted by Crippen LogP contribution is 2.45. The second-order valence-corrected chi connectivity index (χ2v) is 9.70. The van der Waals surface area contributed by atoms with Gasteiger partial charge in [-0.1, -0.05) is 45.0 Å². The van der Waals surface area contributed by atoms with Crippen LogP contribution < -0.4 is 5.32 Å². The lowest BCUT2D eigenvalue weighted by Gasteiger charge is -2.19. The molecule has 1 amide bonds. The van der Waals surface area contributed by atoms with E-state index in [-0.39, 0.29) is 11.3 Å². The Hall–Kier alpha value is -1.39. The first kappa shape index (κ1) is 17.4. The molecular formula is C20H23NOS2. The van der Waals surface area contributed by atoms with Crippen molar-refractivity contribution in [3.05, 3.63) is 65.2 Å². The van der Waals surface area contributed by atoms with Crippen LogP contribution in [0.25, 0.3) is 0 Å². The molecule has 2 nitrogen and oxygen atoms in total. The van der Waals surface area contributed by atoms with Crippen LogP contribution >= 0.6 is 23.5 Å². The molecule has 1 fully saturated rings. The van der Waals surface area contributed by atoms with E-state index in [1.54, 1.807) is 0 Å². The van der Waals surface area contributed by atoms with Crippen LogP contribution in [0.3, 0.4) is 0 Å². The van der Waals surface area contributed by atoms with Crippen molar-refractivity contribution in [2.45, 2.75) is 30.8 Å². The van der Waals surface area contributed by atoms with Gasteiger partial charge < -0.3 is 5.32 Å². The number of nitrogens with one attached hydrogen (secondary N) is 1. The van der Waals surface area contributed by atoms with Gasteiger partial charge in [-0.15, -0.1) is 23.5 Å². The van der Waals surface area contributed by atoms with Crippen molar-refractivity contribution in [1.82, 2.24) is 0 Å². The molecular weight excluding hydrogens is 334 g/mol. The topological polar surface area (TPSA) is 29.1 Å². The number of carbonyl (C=O) groups excluding carboxylic acids is 1. The summed E-state index contributed by atoms with van der Waals surface area (Å²) in [7, 11) is 0. The maximum absolute atomic E-state index is 12.4. The Morgan fingerprint density at radius 1 is 0.958 bits per heavy atom. The molecule has 0 spiro atoms. The normalized spacial score (nSPS) is 15.5. The van der Waals surface area contributed by atoms with Crippen LogP contribution in [0.4, 0.5) is 5.69 Å². The number of carbonyl (C=O) groups is 1. The number of rotatable bonds is 3. The van der Waals surface area contributed by atoms with Crippen molar-refractivity contribution >= 4 is 35.1 Å². The highest BCUT2D eigenvalue weighted by atomic mass is 32.2. The average Bonchev–Trinajstić information content (AvgIpc) is 3.09. The van der Waals surface area contributed by atoms with E-state index in [1.165, 1.54) is 22.6 Å². The average molecular weight is 358 g/mol. The third-order valence-electron chi connectivity index (χ3n) is 4.08. The molecule has 0 aliphatic carbocycles. The molecule has 0 aromatic heterocycles. The van der Waals surface area contributed by atoms with E-state index in [0.717, 1.165) is 5.69 Å². The van der Waals surface area contributed by atoms with Crippen molar-refractivity contribution in [1.29, 1.82) is 0 Å². The quantitative estimate of drug-likeness (QED) is 0.762. The van der Waals surface area contributed by atoms with Crippen molar-refractivity contribution in [3.63, 3.8) is 0 Å². The van der Waals surface area contributed by atoms with Crippen molar-refractivity contribution < 1.29 is 4.79 Å². The van der Waals surface area contributed by atoms with Gasteiger partial charge in [-0.25, -0.2) is 0 Å². The van der Waals surface area contributed by atoms with Gasteiger partial charge >= 0.3 is 0 Å². The molecule has 24 heavy (non-hydrogen) atoms. The van der Waals surface area contributed by atoms with E-state index < -0.39 is 0 Å². The lowest BCUT2D eigenvalue weighted by Crippen LogP contribution is -2.13. The van der Waals surface area contributed by atoms with Gasteiger partial charge in [-0.05, 0) is 40.8 Å². The molecule has 0 saturated carbocycles. The number of hydrogen-bond acceptors (Lipinski definition) is 3. The molecule has 4 heteroatoms. The Morgan fingerprint density at radius 3 is 2.08 bits per heavy atom. The third-order valence-corrected chi connectivity index (χ3v) is 7.18. The highest BCUT2D eigenvalue weighted by Gasteiger charge is 2.18. The van der Waals surface area contributed by atoms with E-state index in [2.05, 4.69) is 50.4 Å². The summed E-state index contributed by atoms with van der Waals surface area (Å²) in [6.45, 7) is 6.55. The number of thioether (sulfide) groups is 2. The Bertz CT molecular complexity index is 696. The van der Waals surface area contributed by atoms with Crippen LogP contribution in [-0.4, -0.2) is 17.4 Å². The summed E-state index contributed by atoms with van der Waals surface area (Å²) in [6, 6.07) is 16.1. The van der Waals surface area contributed by atoms with Crippen molar-refractivity contribution in [2.75, 3.05) is 16.8 Å². The van der Waals surface area contributed by atoms with Gasteiger partial charge in [0.15, 0.2) is 0 Å². The Balaban J connectivity index is 1.66. The van der Waals surface area contributed by atoms with Crippen LogP contribution in [-0.2, 0) is 5.41 Å². The standard InChI is InChI=1S/C20H23NOS2/c1-20(2,3)16-8-10-17(11-9-16)21-18(22)14-4-6-15(7-5-14)19-23-12-13-24-19/h4-11,19H,12-13H2,1-3H3,(H,21,22). The van der Waals surface area contributed by atoms with Crippen LogP contribution in [0.1, 0.15) is 46.8 Å². The Kier molecular flexibility index (Phi) is 5.26. The molecule has 3 rings (SSSR count). The Labute approximate surface area is 152 Å². The smallest absolute Gasteiger partial charge is 0.255 e. The van der Waals surface area contributed by atoms with Gasteiger partial charge in [0.2, 0.25) is 0 Å². The molecule has 1 aliphatic rings. The lowest BCUT2D eigenvalue weighted by atomic mass is 9.87. The molecule has 1 N–H and O–H groups in total. The van der Waals surface area contributed by atoms with E-state index in [4.69, 9.17) is 0 Å². The zero-order valence-corrected chi connectivity index (χ0v) is 16.0. The van der Waals surface area contributed by atoms with E-state index in [0.29, 0.717) is 10.1 Å². The number of anilines is 1. The zero-order chi connectivity index (χ0) is 17.2. The first-order chi connectivity index (χ1) is 11.4. The molecule has 0 unspecified atom stereocenters. The van der Waals surface area contributed by atoms with E-state index in [1.807, 2.05) is 47.8 Å². The fourth-order valence-corrected chi connectivity index (χ4v) is 5.46. The molecule has 2 aromatic rings. The first-order valence-electron chi connectivity index (χ1n) is 8.18. The molecule has 2 aromatic carbocycles. The van der Waals surface area contributed by atoms with Crippen LogP contribution in [0.5, 0.6) is 0 Å². The van der Waals surface area contributed by atoms with Gasteiger partial charge in [0.1, 0.15) is 0 Å². The summed E-state index contributed by atoms with van der Waals surface area (Å²) >= 11 is 3.96. The van der Waals surface area contributed by atoms with Gasteiger partial charge in [-0.3, -0.25) is 4.79 Å². The second kappa shape index (κ2) is 7.24. The highest BCUT2D eigenvalue weighted by molar-refractivity contribution is 8.19. The number of benzene rings is 2. The summed E-state index contributed by atoms with van der Waals surface area (Å²) in [6.07, 6.45) is 0. The van der Waals surface area contributed by atoms with Gasteiger partial charge in [0.25, 0.3) is 5.91 Å². The zero-order valence-electron chi connectivity index (χ0n) is 14.3. The summed E-state index contributed by atoms with van der Waals surface area (Å²) in [5.74, 6) is 2.36. The van der Waals surface area contributed by atoms with Crippen LogP contribution in [0.2, 0.25) is 0 Å². The van der Waals surface area contributed by atoms with E-state index in [9.17, 15) is 4.79 Å².